The number of fused-ring (bicyclic) bond motifs is 2. The minimum absolute atomic E-state index is 0.220. The van der Waals surface area contributed by atoms with Gasteiger partial charge in [-0.25, -0.2) is 22.4 Å². The van der Waals surface area contributed by atoms with E-state index in [1.807, 2.05) is 35.8 Å². The summed E-state index contributed by atoms with van der Waals surface area (Å²) in [4.78, 5) is 9.23. The molecular weight excluding hydrogens is 452 g/mol. The Bertz CT molecular complexity index is 1490. The molecule has 0 unspecified atom stereocenters. The first-order chi connectivity index (χ1) is 14.0. The van der Waals surface area contributed by atoms with Crippen LogP contribution in [0.2, 0.25) is 0 Å². The highest BCUT2D eigenvalue weighted by Crippen LogP contribution is 2.30. The molecule has 0 aliphatic carbocycles. The van der Waals surface area contributed by atoms with Gasteiger partial charge in [-0.2, -0.15) is 0 Å². The van der Waals surface area contributed by atoms with Crippen LogP contribution in [-0.4, -0.2) is 26.9 Å². The molecule has 0 bridgehead atoms. The van der Waals surface area contributed by atoms with E-state index in [1.165, 1.54) is 3.97 Å². The van der Waals surface area contributed by atoms with Gasteiger partial charge in [0.25, 0.3) is 10.0 Å². The third-order valence-electron chi connectivity index (χ3n) is 4.86. The SMILES string of the molecule is Cc1nc2ccc(Br)cc2n1-c1ccnc2c1ccn2S(=O)(=O)c1ccccc1. The fraction of sp³-hybridized carbons (Fsp3) is 0.0476. The average molecular weight is 467 g/mol. The van der Waals surface area contributed by atoms with Crippen LogP contribution in [-0.2, 0) is 10.0 Å². The zero-order valence-corrected chi connectivity index (χ0v) is 17.7. The zero-order chi connectivity index (χ0) is 20.2. The molecule has 0 amide bonds. The topological polar surface area (TPSA) is 69.8 Å². The van der Waals surface area contributed by atoms with Gasteiger partial charge in [0.2, 0.25) is 0 Å². The Labute approximate surface area is 175 Å². The van der Waals surface area contributed by atoms with E-state index in [1.54, 1.807) is 48.8 Å². The lowest BCUT2D eigenvalue weighted by molar-refractivity contribution is 0.589. The van der Waals surface area contributed by atoms with Gasteiger partial charge >= 0.3 is 0 Å². The maximum absolute atomic E-state index is 13.1. The van der Waals surface area contributed by atoms with E-state index >= 15 is 0 Å². The molecule has 3 aromatic heterocycles. The maximum Gasteiger partial charge on any atom is 0.269 e. The number of aryl methyl sites for hydroxylation is 1. The second-order valence-corrected chi connectivity index (χ2v) is 9.36. The molecule has 0 spiro atoms. The van der Waals surface area contributed by atoms with Crippen LogP contribution in [0.4, 0.5) is 0 Å². The molecular formula is C21H15BrN4O2S. The zero-order valence-electron chi connectivity index (χ0n) is 15.3. The number of halogens is 1. The number of aromatic nitrogens is 4. The smallest absolute Gasteiger partial charge is 0.269 e. The van der Waals surface area contributed by atoms with Crippen molar-refractivity contribution >= 4 is 48.0 Å². The van der Waals surface area contributed by atoms with Crippen molar-refractivity contribution in [1.82, 2.24) is 18.5 Å². The second kappa shape index (κ2) is 6.53. The molecule has 0 aliphatic rings. The average Bonchev–Trinajstić information content (AvgIpc) is 3.29. The van der Waals surface area contributed by atoms with Crippen LogP contribution in [0.15, 0.2) is 82.4 Å². The van der Waals surface area contributed by atoms with Crippen LogP contribution >= 0.6 is 15.9 Å². The van der Waals surface area contributed by atoms with Crippen molar-refractivity contribution in [3.05, 3.63) is 83.4 Å². The van der Waals surface area contributed by atoms with Gasteiger partial charge in [-0.05, 0) is 49.4 Å². The van der Waals surface area contributed by atoms with Gasteiger partial charge < -0.3 is 0 Å². The van der Waals surface area contributed by atoms with Gasteiger partial charge in [0, 0.05) is 22.3 Å². The Kier molecular flexibility index (Phi) is 4.07. The standard InChI is InChI=1S/C21H15BrN4O2S/c1-14-24-18-8-7-15(22)13-20(18)26(14)19-9-11-23-21-17(19)10-12-25(21)29(27,28)16-5-3-2-4-6-16/h2-13H,1H3. The van der Waals surface area contributed by atoms with Gasteiger partial charge in [-0.15, -0.1) is 0 Å². The number of imidazole rings is 1. The highest BCUT2D eigenvalue weighted by Gasteiger charge is 2.21. The molecule has 0 atom stereocenters. The number of hydrogen-bond acceptors (Lipinski definition) is 4. The summed E-state index contributed by atoms with van der Waals surface area (Å²) in [5, 5.41) is 0.731. The van der Waals surface area contributed by atoms with E-state index in [2.05, 4.69) is 25.9 Å². The lowest BCUT2D eigenvalue weighted by Gasteiger charge is -2.10. The Morgan fingerprint density at radius 3 is 2.59 bits per heavy atom. The van der Waals surface area contributed by atoms with Gasteiger partial charge in [0.05, 0.1) is 21.6 Å². The molecule has 2 aromatic carbocycles. The van der Waals surface area contributed by atoms with Crippen LogP contribution in [0.5, 0.6) is 0 Å². The van der Waals surface area contributed by atoms with Crippen LogP contribution in [0, 0.1) is 6.92 Å². The normalized spacial score (nSPS) is 12.1. The molecule has 0 saturated carbocycles. The summed E-state index contributed by atoms with van der Waals surface area (Å²) in [6.45, 7) is 1.93. The molecule has 144 valence electrons. The molecule has 0 radical (unpaired) electrons. The van der Waals surface area contributed by atoms with Crippen molar-refractivity contribution in [3.8, 4) is 5.69 Å². The first-order valence-corrected chi connectivity index (χ1v) is 11.1. The van der Waals surface area contributed by atoms with E-state index in [9.17, 15) is 8.42 Å². The Morgan fingerprint density at radius 2 is 1.79 bits per heavy atom. The maximum atomic E-state index is 13.1. The highest BCUT2D eigenvalue weighted by molar-refractivity contribution is 9.10. The summed E-state index contributed by atoms with van der Waals surface area (Å²) in [6.07, 6.45) is 3.17. The molecule has 0 N–H and O–H groups in total. The largest absolute Gasteiger partial charge is 0.296 e. The summed E-state index contributed by atoms with van der Waals surface area (Å²) < 4.78 is 30.4. The van der Waals surface area contributed by atoms with Crippen molar-refractivity contribution in [2.45, 2.75) is 11.8 Å². The van der Waals surface area contributed by atoms with E-state index in [-0.39, 0.29) is 4.90 Å². The van der Waals surface area contributed by atoms with Crippen LogP contribution < -0.4 is 0 Å². The molecule has 0 aliphatic heterocycles. The van der Waals surface area contributed by atoms with E-state index < -0.39 is 10.0 Å². The van der Waals surface area contributed by atoms with E-state index in [0.717, 1.165) is 32.4 Å². The number of rotatable bonds is 3. The number of pyridine rings is 1. The van der Waals surface area contributed by atoms with Gasteiger partial charge in [-0.3, -0.25) is 4.57 Å². The van der Waals surface area contributed by atoms with Crippen molar-refractivity contribution in [3.63, 3.8) is 0 Å². The lowest BCUT2D eigenvalue weighted by Crippen LogP contribution is -2.12. The fourth-order valence-electron chi connectivity index (χ4n) is 3.57. The number of benzene rings is 2. The molecule has 6 nitrogen and oxygen atoms in total. The van der Waals surface area contributed by atoms with E-state index in [0.29, 0.717) is 5.65 Å². The second-order valence-electron chi connectivity index (χ2n) is 6.62. The van der Waals surface area contributed by atoms with Crippen molar-refractivity contribution in [2.24, 2.45) is 0 Å². The van der Waals surface area contributed by atoms with Crippen molar-refractivity contribution in [2.75, 3.05) is 0 Å². The van der Waals surface area contributed by atoms with E-state index in [4.69, 9.17) is 0 Å². The summed E-state index contributed by atoms with van der Waals surface area (Å²) >= 11 is 3.52. The lowest BCUT2D eigenvalue weighted by atomic mass is 10.2. The summed E-state index contributed by atoms with van der Waals surface area (Å²) in [7, 11) is -3.75. The molecule has 0 fully saturated rings. The number of nitrogens with zero attached hydrogens (tertiary/aromatic N) is 4. The number of hydrogen-bond donors (Lipinski definition) is 0. The van der Waals surface area contributed by atoms with Crippen LogP contribution in [0.25, 0.3) is 27.8 Å². The predicted molar refractivity (Wildman–Crippen MR) is 116 cm³/mol. The fourth-order valence-corrected chi connectivity index (χ4v) is 5.24. The summed E-state index contributed by atoms with van der Waals surface area (Å²) in [5.74, 6) is 0.810. The van der Waals surface area contributed by atoms with Crippen LogP contribution in [0.3, 0.4) is 0 Å². The Hall–Kier alpha value is -2.97. The van der Waals surface area contributed by atoms with Gasteiger partial charge in [-0.1, -0.05) is 34.1 Å². The molecule has 8 heteroatoms. The first-order valence-electron chi connectivity index (χ1n) is 8.88. The van der Waals surface area contributed by atoms with Gasteiger partial charge in [0.15, 0.2) is 5.65 Å². The Morgan fingerprint density at radius 1 is 1.00 bits per heavy atom. The van der Waals surface area contributed by atoms with Crippen LogP contribution in [0.1, 0.15) is 5.82 Å². The monoisotopic (exact) mass is 466 g/mol. The molecule has 5 aromatic rings. The van der Waals surface area contributed by atoms with Gasteiger partial charge in [0.1, 0.15) is 5.82 Å². The third kappa shape index (κ3) is 2.79. The minimum Gasteiger partial charge on any atom is -0.296 e. The molecule has 0 saturated heterocycles. The summed E-state index contributed by atoms with van der Waals surface area (Å²) in [6, 6.07) is 17.9. The minimum atomic E-state index is -3.75. The first kappa shape index (κ1) is 18.1. The quantitative estimate of drug-likeness (QED) is 0.386. The van der Waals surface area contributed by atoms with Crippen molar-refractivity contribution < 1.29 is 8.42 Å². The highest BCUT2D eigenvalue weighted by atomic mass is 79.9. The molecule has 5 rings (SSSR count). The Balaban J connectivity index is 1.78. The van der Waals surface area contributed by atoms with Crippen molar-refractivity contribution in [1.29, 1.82) is 0 Å². The molecule has 29 heavy (non-hydrogen) atoms. The predicted octanol–water partition coefficient (Wildman–Crippen LogP) is 4.68. The summed E-state index contributed by atoms with van der Waals surface area (Å²) in [5.41, 5.74) is 3.01. The third-order valence-corrected chi connectivity index (χ3v) is 7.03. The molecule has 3 heterocycles.